The van der Waals surface area contributed by atoms with Crippen molar-refractivity contribution in [1.29, 1.82) is 0 Å². The van der Waals surface area contributed by atoms with E-state index >= 15 is 0 Å². The van der Waals surface area contributed by atoms with Gasteiger partial charge in [0.15, 0.2) is 0 Å². The summed E-state index contributed by atoms with van der Waals surface area (Å²) in [6.07, 6.45) is 6.69. The Kier molecular flexibility index (Phi) is 5.27. The Bertz CT molecular complexity index is 363. The van der Waals surface area contributed by atoms with Crippen molar-refractivity contribution in [3.8, 4) is 11.8 Å². The zero-order chi connectivity index (χ0) is 13.7. The molecule has 0 aromatic heterocycles. The third-order valence-corrected chi connectivity index (χ3v) is 4.22. The minimum absolute atomic E-state index is 0.380. The first-order chi connectivity index (χ1) is 9.20. The highest BCUT2D eigenvalue weighted by atomic mass is 16.2. The molecule has 1 amide bonds. The van der Waals surface area contributed by atoms with E-state index in [0.29, 0.717) is 17.9 Å². The number of likely N-dealkylation sites (tertiary alicyclic amines) is 1. The first-order valence-electron chi connectivity index (χ1n) is 7.64. The lowest BCUT2D eigenvalue weighted by molar-refractivity contribution is -0.129. The highest BCUT2D eigenvalue weighted by molar-refractivity contribution is 5.79. The van der Waals surface area contributed by atoms with Crippen LogP contribution in [0, 0.1) is 17.8 Å². The lowest BCUT2D eigenvalue weighted by atomic mass is 10.1. The SMILES string of the molecule is CCC#CCN(C)C[C@H]1CC(=O)N(C2CCCC2)C1. The third-order valence-electron chi connectivity index (χ3n) is 4.22. The van der Waals surface area contributed by atoms with Crippen molar-refractivity contribution in [2.75, 3.05) is 26.7 Å². The summed E-state index contributed by atoms with van der Waals surface area (Å²) < 4.78 is 0. The second kappa shape index (κ2) is 6.96. The van der Waals surface area contributed by atoms with Crippen LogP contribution in [0.25, 0.3) is 0 Å². The van der Waals surface area contributed by atoms with E-state index in [2.05, 4.69) is 35.6 Å². The van der Waals surface area contributed by atoms with Crippen LogP contribution in [0.15, 0.2) is 0 Å². The van der Waals surface area contributed by atoms with E-state index in [9.17, 15) is 4.79 Å². The summed E-state index contributed by atoms with van der Waals surface area (Å²) in [7, 11) is 2.10. The van der Waals surface area contributed by atoms with Gasteiger partial charge in [-0.05, 0) is 25.8 Å². The Balaban J connectivity index is 1.78. The van der Waals surface area contributed by atoms with Crippen LogP contribution >= 0.6 is 0 Å². The maximum Gasteiger partial charge on any atom is 0.223 e. The van der Waals surface area contributed by atoms with Gasteiger partial charge in [0.25, 0.3) is 0 Å². The summed E-state index contributed by atoms with van der Waals surface area (Å²) in [5, 5.41) is 0. The van der Waals surface area contributed by atoms with E-state index in [1.54, 1.807) is 0 Å². The molecule has 0 spiro atoms. The molecule has 1 saturated carbocycles. The predicted molar refractivity (Wildman–Crippen MR) is 77.6 cm³/mol. The van der Waals surface area contributed by atoms with Crippen LogP contribution in [0.4, 0.5) is 0 Å². The normalized spacial score (nSPS) is 24.1. The van der Waals surface area contributed by atoms with Crippen LogP contribution in [0.3, 0.4) is 0 Å². The molecule has 1 saturated heterocycles. The van der Waals surface area contributed by atoms with E-state index in [1.165, 1.54) is 25.7 Å². The molecule has 1 aliphatic heterocycles. The van der Waals surface area contributed by atoms with Crippen LogP contribution < -0.4 is 0 Å². The van der Waals surface area contributed by atoms with Crippen molar-refractivity contribution in [2.45, 2.75) is 51.5 Å². The van der Waals surface area contributed by atoms with E-state index in [0.717, 1.165) is 32.5 Å². The van der Waals surface area contributed by atoms with Gasteiger partial charge in [0, 0.05) is 32.0 Å². The topological polar surface area (TPSA) is 23.6 Å². The smallest absolute Gasteiger partial charge is 0.223 e. The van der Waals surface area contributed by atoms with Gasteiger partial charge in [-0.3, -0.25) is 9.69 Å². The fourth-order valence-corrected chi connectivity index (χ4v) is 3.32. The minimum Gasteiger partial charge on any atom is -0.339 e. The van der Waals surface area contributed by atoms with Gasteiger partial charge in [0.2, 0.25) is 5.91 Å². The molecular formula is C16H26N2O. The zero-order valence-corrected chi connectivity index (χ0v) is 12.3. The molecule has 0 aromatic rings. The predicted octanol–water partition coefficient (Wildman–Crippen LogP) is 2.12. The fraction of sp³-hybridized carbons (Fsp3) is 0.812. The summed E-state index contributed by atoms with van der Waals surface area (Å²) in [6.45, 7) is 4.85. The number of nitrogens with zero attached hydrogens (tertiary/aromatic N) is 2. The highest BCUT2D eigenvalue weighted by Gasteiger charge is 2.35. The summed E-state index contributed by atoms with van der Waals surface area (Å²) in [5.41, 5.74) is 0. The van der Waals surface area contributed by atoms with Gasteiger partial charge in [0.1, 0.15) is 0 Å². The van der Waals surface area contributed by atoms with E-state index in [1.807, 2.05) is 0 Å². The lowest BCUT2D eigenvalue weighted by Crippen LogP contribution is -2.35. The van der Waals surface area contributed by atoms with Gasteiger partial charge in [0.05, 0.1) is 6.54 Å². The summed E-state index contributed by atoms with van der Waals surface area (Å²) >= 11 is 0. The standard InChI is InChI=1S/C16H26N2O/c1-3-4-7-10-17(2)12-14-11-16(19)18(13-14)15-8-5-6-9-15/h14-15H,3,5-6,8-13H2,1-2H3/t14-/m1/s1. The molecule has 2 rings (SSSR count). The molecule has 0 aromatic carbocycles. The Morgan fingerprint density at radius 3 is 2.74 bits per heavy atom. The van der Waals surface area contributed by atoms with Gasteiger partial charge >= 0.3 is 0 Å². The number of rotatable bonds is 4. The number of hydrogen-bond donors (Lipinski definition) is 0. The second-order valence-electron chi connectivity index (χ2n) is 5.96. The Labute approximate surface area is 117 Å². The first-order valence-corrected chi connectivity index (χ1v) is 7.64. The molecule has 1 atom stereocenters. The molecular weight excluding hydrogens is 236 g/mol. The summed E-state index contributed by atoms with van der Waals surface area (Å²) in [4.78, 5) is 16.5. The molecule has 3 heteroatoms. The van der Waals surface area contributed by atoms with Gasteiger partial charge in [-0.1, -0.05) is 25.7 Å². The maximum atomic E-state index is 12.1. The van der Waals surface area contributed by atoms with E-state index in [4.69, 9.17) is 0 Å². The van der Waals surface area contributed by atoms with Gasteiger partial charge in [-0.15, -0.1) is 5.92 Å². The van der Waals surface area contributed by atoms with Gasteiger partial charge in [-0.2, -0.15) is 0 Å². The number of carbonyl (C=O) groups excluding carboxylic acids is 1. The van der Waals surface area contributed by atoms with Crippen LogP contribution in [0.5, 0.6) is 0 Å². The molecule has 19 heavy (non-hydrogen) atoms. The molecule has 1 aliphatic carbocycles. The molecule has 3 nitrogen and oxygen atoms in total. The van der Waals surface area contributed by atoms with Crippen molar-refractivity contribution in [1.82, 2.24) is 9.80 Å². The maximum absolute atomic E-state index is 12.1. The number of hydrogen-bond acceptors (Lipinski definition) is 2. The van der Waals surface area contributed by atoms with Crippen molar-refractivity contribution in [2.24, 2.45) is 5.92 Å². The summed E-state index contributed by atoms with van der Waals surface area (Å²) in [5.74, 6) is 7.14. The van der Waals surface area contributed by atoms with Crippen LogP contribution in [0.1, 0.15) is 45.4 Å². The number of carbonyl (C=O) groups is 1. The molecule has 106 valence electrons. The van der Waals surface area contributed by atoms with Crippen molar-refractivity contribution >= 4 is 5.91 Å². The average Bonchev–Trinajstić information content (AvgIpc) is 2.99. The highest BCUT2D eigenvalue weighted by Crippen LogP contribution is 2.29. The second-order valence-corrected chi connectivity index (χ2v) is 5.96. The molecule has 0 bridgehead atoms. The van der Waals surface area contributed by atoms with Crippen molar-refractivity contribution in [3.63, 3.8) is 0 Å². The molecule has 2 fully saturated rings. The Hall–Kier alpha value is -1.01. The Morgan fingerprint density at radius 2 is 2.05 bits per heavy atom. The lowest BCUT2D eigenvalue weighted by Gasteiger charge is -2.25. The Morgan fingerprint density at radius 1 is 1.32 bits per heavy atom. The van der Waals surface area contributed by atoms with Crippen molar-refractivity contribution < 1.29 is 4.79 Å². The van der Waals surface area contributed by atoms with Gasteiger partial charge in [-0.25, -0.2) is 0 Å². The monoisotopic (exact) mass is 262 g/mol. The summed E-state index contributed by atoms with van der Waals surface area (Å²) in [6, 6.07) is 0.544. The van der Waals surface area contributed by atoms with E-state index < -0.39 is 0 Å². The molecule has 0 N–H and O–H groups in total. The largest absolute Gasteiger partial charge is 0.339 e. The average molecular weight is 262 g/mol. The quantitative estimate of drug-likeness (QED) is 0.725. The third kappa shape index (κ3) is 3.98. The first kappa shape index (κ1) is 14.4. The molecule has 0 radical (unpaired) electrons. The molecule has 2 aliphatic rings. The minimum atomic E-state index is 0.380. The van der Waals surface area contributed by atoms with E-state index in [-0.39, 0.29) is 0 Å². The van der Waals surface area contributed by atoms with Crippen LogP contribution in [-0.2, 0) is 4.79 Å². The van der Waals surface area contributed by atoms with Crippen LogP contribution in [-0.4, -0.2) is 48.4 Å². The molecule has 1 heterocycles. The molecule has 0 unspecified atom stereocenters. The van der Waals surface area contributed by atoms with Crippen molar-refractivity contribution in [3.05, 3.63) is 0 Å². The zero-order valence-electron chi connectivity index (χ0n) is 12.3. The van der Waals surface area contributed by atoms with Gasteiger partial charge < -0.3 is 4.90 Å². The number of amides is 1. The fourth-order valence-electron chi connectivity index (χ4n) is 3.32. The van der Waals surface area contributed by atoms with Crippen LogP contribution in [0.2, 0.25) is 0 Å².